The van der Waals surface area contributed by atoms with Crippen molar-refractivity contribution < 1.29 is 13.2 Å². The summed E-state index contributed by atoms with van der Waals surface area (Å²) in [7, 11) is -1.90. The minimum atomic E-state index is -3.41. The molecule has 1 aromatic rings. The van der Waals surface area contributed by atoms with E-state index in [2.05, 4.69) is 4.72 Å². The highest BCUT2D eigenvalue weighted by Crippen LogP contribution is 2.24. The minimum absolute atomic E-state index is 0.221. The van der Waals surface area contributed by atoms with Crippen LogP contribution in [0.2, 0.25) is 4.34 Å². The Morgan fingerprint density at radius 3 is 2.79 bits per heavy atom. The molecular weight excluding hydrogens is 246 g/mol. The third-order valence-electron chi connectivity index (χ3n) is 1.41. The van der Waals surface area contributed by atoms with E-state index in [1.54, 1.807) is 6.07 Å². The first-order chi connectivity index (χ1) is 6.56. The molecule has 80 valence electrons. The average molecular weight is 256 g/mol. The van der Waals surface area contributed by atoms with Gasteiger partial charge in [0.25, 0.3) is 0 Å². The fourth-order valence-electron chi connectivity index (χ4n) is 0.791. The molecule has 7 heteroatoms. The summed E-state index contributed by atoms with van der Waals surface area (Å²) in [5.41, 5.74) is 0. The zero-order valence-corrected chi connectivity index (χ0v) is 9.88. The Bertz CT molecular complexity index is 387. The molecule has 0 amide bonds. The number of hydrogen-bond donors (Lipinski definition) is 1. The van der Waals surface area contributed by atoms with Gasteiger partial charge in [0, 0.05) is 13.7 Å². The number of halogens is 1. The third kappa shape index (κ3) is 3.21. The summed E-state index contributed by atoms with van der Waals surface area (Å²) in [6, 6.07) is 3.03. The zero-order chi connectivity index (χ0) is 10.6. The molecule has 0 aliphatic rings. The van der Waals surface area contributed by atoms with Gasteiger partial charge in [-0.2, -0.15) is 0 Å². The monoisotopic (exact) mass is 255 g/mol. The van der Waals surface area contributed by atoms with Crippen LogP contribution in [0.4, 0.5) is 0 Å². The maximum Gasteiger partial charge on any atom is 0.250 e. The second-order valence-electron chi connectivity index (χ2n) is 2.45. The van der Waals surface area contributed by atoms with E-state index < -0.39 is 10.0 Å². The van der Waals surface area contributed by atoms with Crippen molar-refractivity contribution in [1.82, 2.24) is 4.72 Å². The van der Waals surface area contributed by atoms with Crippen LogP contribution in [0.3, 0.4) is 0 Å². The SMILES string of the molecule is COCCNS(=O)(=O)c1ccc(Cl)s1. The standard InChI is InChI=1S/C7H10ClNO3S2/c1-12-5-4-9-14(10,11)7-3-2-6(8)13-7/h2-3,9H,4-5H2,1H3. The highest BCUT2D eigenvalue weighted by atomic mass is 35.5. The van der Waals surface area contributed by atoms with Crippen molar-refractivity contribution in [2.45, 2.75) is 4.21 Å². The molecule has 1 N–H and O–H groups in total. The van der Waals surface area contributed by atoms with Gasteiger partial charge in [-0.3, -0.25) is 0 Å². The van der Waals surface area contributed by atoms with Crippen molar-refractivity contribution in [2.75, 3.05) is 20.3 Å². The Labute approximate surface area is 91.9 Å². The minimum Gasteiger partial charge on any atom is -0.383 e. The van der Waals surface area contributed by atoms with E-state index in [1.807, 2.05) is 0 Å². The molecule has 0 bridgehead atoms. The van der Waals surface area contributed by atoms with Crippen LogP contribution < -0.4 is 4.72 Å². The predicted molar refractivity (Wildman–Crippen MR) is 56.4 cm³/mol. The highest BCUT2D eigenvalue weighted by molar-refractivity contribution is 7.91. The Hall–Kier alpha value is -0.140. The van der Waals surface area contributed by atoms with Crippen LogP contribution in [0.5, 0.6) is 0 Å². The molecule has 0 unspecified atom stereocenters. The molecule has 0 fully saturated rings. The molecular formula is C7H10ClNO3S2. The molecule has 0 atom stereocenters. The molecule has 1 aromatic heterocycles. The number of thiophene rings is 1. The lowest BCUT2D eigenvalue weighted by Gasteiger charge is -2.02. The van der Waals surface area contributed by atoms with Gasteiger partial charge in [-0.1, -0.05) is 11.6 Å². The summed E-state index contributed by atoms with van der Waals surface area (Å²) in [5.74, 6) is 0. The second kappa shape index (κ2) is 5.09. The largest absolute Gasteiger partial charge is 0.383 e. The van der Waals surface area contributed by atoms with Gasteiger partial charge in [0.05, 0.1) is 10.9 Å². The number of ether oxygens (including phenoxy) is 1. The summed E-state index contributed by atoms with van der Waals surface area (Å²) in [4.78, 5) is 0. The summed E-state index contributed by atoms with van der Waals surface area (Å²) in [5, 5.41) is 0. The second-order valence-corrected chi connectivity index (χ2v) is 6.16. The van der Waals surface area contributed by atoms with Crippen molar-refractivity contribution in [3.8, 4) is 0 Å². The molecule has 0 aliphatic heterocycles. The van der Waals surface area contributed by atoms with Gasteiger partial charge in [0.15, 0.2) is 0 Å². The number of methoxy groups -OCH3 is 1. The highest BCUT2D eigenvalue weighted by Gasteiger charge is 2.15. The lowest BCUT2D eigenvalue weighted by Crippen LogP contribution is -2.26. The first-order valence-corrected chi connectivity index (χ1v) is 6.48. The number of sulfonamides is 1. The first kappa shape index (κ1) is 11.9. The lowest BCUT2D eigenvalue weighted by molar-refractivity contribution is 0.204. The third-order valence-corrected chi connectivity index (χ3v) is 4.60. The lowest BCUT2D eigenvalue weighted by atomic mass is 10.7. The van der Waals surface area contributed by atoms with Gasteiger partial charge >= 0.3 is 0 Å². The maximum atomic E-state index is 11.5. The van der Waals surface area contributed by atoms with Crippen LogP contribution in [-0.2, 0) is 14.8 Å². The van der Waals surface area contributed by atoms with E-state index in [4.69, 9.17) is 16.3 Å². The van der Waals surface area contributed by atoms with E-state index in [1.165, 1.54) is 13.2 Å². The molecule has 0 radical (unpaired) electrons. The van der Waals surface area contributed by atoms with Gasteiger partial charge in [-0.15, -0.1) is 11.3 Å². The summed E-state index contributed by atoms with van der Waals surface area (Å²) in [6.45, 7) is 0.604. The number of hydrogen-bond acceptors (Lipinski definition) is 4. The number of rotatable bonds is 5. The molecule has 0 aromatic carbocycles. The molecule has 1 heterocycles. The normalized spacial score (nSPS) is 11.9. The van der Waals surface area contributed by atoms with E-state index in [9.17, 15) is 8.42 Å². The molecule has 14 heavy (non-hydrogen) atoms. The quantitative estimate of drug-likeness (QED) is 0.808. The average Bonchev–Trinajstić information content (AvgIpc) is 2.53. The van der Waals surface area contributed by atoms with Gasteiger partial charge in [-0.05, 0) is 12.1 Å². The summed E-state index contributed by atoms with van der Waals surface area (Å²) in [6.07, 6.45) is 0. The topological polar surface area (TPSA) is 55.4 Å². The van der Waals surface area contributed by atoms with Crippen LogP contribution in [0.15, 0.2) is 16.3 Å². The van der Waals surface area contributed by atoms with Gasteiger partial charge in [-0.25, -0.2) is 13.1 Å². The maximum absolute atomic E-state index is 11.5. The fourth-order valence-corrected chi connectivity index (χ4v) is 3.33. The van der Waals surface area contributed by atoms with Crippen molar-refractivity contribution in [2.24, 2.45) is 0 Å². The van der Waals surface area contributed by atoms with Crippen LogP contribution in [0, 0.1) is 0 Å². The first-order valence-electron chi connectivity index (χ1n) is 3.80. The van der Waals surface area contributed by atoms with E-state index in [0.717, 1.165) is 11.3 Å². The van der Waals surface area contributed by atoms with Gasteiger partial charge in [0.2, 0.25) is 10.0 Å². The Morgan fingerprint density at radius 2 is 2.29 bits per heavy atom. The molecule has 0 saturated carbocycles. The molecule has 0 spiro atoms. The summed E-state index contributed by atoms with van der Waals surface area (Å²) >= 11 is 6.66. The number of nitrogens with one attached hydrogen (secondary N) is 1. The van der Waals surface area contributed by atoms with Crippen LogP contribution >= 0.6 is 22.9 Å². The van der Waals surface area contributed by atoms with E-state index >= 15 is 0 Å². The van der Waals surface area contributed by atoms with Crippen LogP contribution in [-0.4, -0.2) is 28.7 Å². The molecule has 4 nitrogen and oxygen atoms in total. The van der Waals surface area contributed by atoms with Crippen molar-refractivity contribution in [3.63, 3.8) is 0 Å². The fraction of sp³-hybridized carbons (Fsp3) is 0.429. The van der Waals surface area contributed by atoms with Gasteiger partial charge < -0.3 is 4.74 Å². The van der Waals surface area contributed by atoms with Gasteiger partial charge in [0.1, 0.15) is 4.21 Å². The summed E-state index contributed by atoms with van der Waals surface area (Å²) < 4.78 is 30.8. The van der Waals surface area contributed by atoms with Crippen LogP contribution in [0.25, 0.3) is 0 Å². The van der Waals surface area contributed by atoms with Crippen molar-refractivity contribution in [1.29, 1.82) is 0 Å². The van der Waals surface area contributed by atoms with E-state index in [-0.39, 0.29) is 10.8 Å². The molecule has 0 saturated heterocycles. The smallest absolute Gasteiger partial charge is 0.250 e. The van der Waals surface area contributed by atoms with Crippen molar-refractivity contribution in [3.05, 3.63) is 16.5 Å². The molecule has 0 aliphatic carbocycles. The Kier molecular flexibility index (Phi) is 4.33. The Morgan fingerprint density at radius 1 is 1.57 bits per heavy atom. The predicted octanol–water partition coefficient (Wildman–Crippen LogP) is 1.33. The molecule has 1 rings (SSSR count). The zero-order valence-electron chi connectivity index (χ0n) is 7.49. The van der Waals surface area contributed by atoms with E-state index in [0.29, 0.717) is 10.9 Å². The van der Waals surface area contributed by atoms with Crippen molar-refractivity contribution >= 4 is 33.0 Å². The van der Waals surface area contributed by atoms with Crippen LogP contribution in [0.1, 0.15) is 0 Å². The Balaban J connectivity index is 2.66.